The van der Waals surface area contributed by atoms with Crippen LogP contribution in [0.2, 0.25) is 0 Å². The first-order chi connectivity index (χ1) is 10.8. The Labute approximate surface area is 138 Å². The van der Waals surface area contributed by atoms with Crippen molar-refractivity contribution < 1.29 is 9.53 Å². The molecule has 128 valence electrons. The van der Waals surface area contributed by atoms with Crippen molar-refractivity contribution in [3.8, 4) is 0 Å². The van der Waals surface area contributed by atoms with Gasteiger partial charge in [-0.15, -0.1) is 0 Å². The van der Waals surface area contributed by atoms with Crippen LogP contribution in [-0.4, -0.2) is 33.7 Å². The molecule has 0 radical (unpaired) electrons. The fourth-order valence-corrected chi connectivity index (χ4v) is 2.83. The highest BCUT2D eigenvalue weighted by atomic mass is 16.6. The lowest BCUT2D eigenvalue weighted by atomic mass is 10.1. The number of hydrogen-bond acceptors (Lipinski definition) is 5. The Hall–Kier alpha value is -1.85. The molecule has 1 aliphatic carbocycles. The van der Waals surface area contributed by atoms with Crippen molar-refractivity contribution in [2.24, 2.45) is 0 Å². The molecule has 1 aliphatic rings. The van der Waals surface area contributed by atoms with E-state index in [-0.39, 0.29) is 18.2 Å². The molecule has 1 aromatic heterocycles. The predicted octanol–water partition coefficient (Wildman–Crippen LogP) is 3.21. The molecule has 1 amide bonds. The van der Waals surface area contributed by atoms with Gasteiger partial charge in [0.05, 0.1) is 23.6 Å². The third-order valence-corrected chi connectivity index (χ3v) is 3.84. The number of aromatic nitrogens is 2. The van der Waals surface area contributed by atoms with Gasteiger partial charge >= 0.3 is 6.09 Å². The first-order valence-corrected chi connectivity index (χ1v) is 8.37. The van der Waals surface area contributed by atoms with Gasteiger partial charge in [-0.1, -0.05) is 6.92 Å². The Bertz CT molecular complexity index is 554. The van der Waals surface area contributed by atoms with E-state index in [4.69, 9.17) is 4.74 Å². The monoisotopic (exact) mass is 320 g/mol. The van der Waals surface area contributed by atoms with Crippen LogP contribution in [0.1, 0.15) is 58.3 Å². The number of nitrogens with zero attached hydrogens (tertiary/aromatic N) is 2. The maximum absolute atomic E-state index is 12.0. The molecule has 6 heteroatoms. The lowest BCUT2D eigenvalue weighted by Crippen LogP contribution is -2.45. The predicted molar refractivity (Wildman–Crippen MR) is 90.6 cm³/mol. The molecule has 2 rings (SSSR count). The molecule has 0 saturated heterocycles. The first-order valence-electron chi connectivity index (χ1n) is 8.37. The van der Waals surface area contributed by atoms with Gasteiger partial charge in [-0.25, -0.2) is 9.78 Å². The summed E-state index contributed by atoms with van der Waals surface area (Å²) < 4.78 is 5.35. The molecule has 0 unspecified atom stereocenters. The fraction of sp³-hybridized carbons (Fsp3) is 0.706. The number of aryl methyl sites for hydroxylation is 2. The zero-order valence-corrected chi connectivity index (χ0v) is 14.8. The Morgan fingerprint density at radius 2 is 2.04 bits per heavy atom. The van der Waals surface area contributed by atoms with E-state index in [9.17, 15) is 4.79 Å². The molecule has 0 aliphatic heterocycles. The molecular weight excluding hydrogens is 292 g/mol. The summed E-state index contributed by atoms with van der Waals surface area (Å²) >= 11 is 0. The largest absolute Gasteiger partial charge is 0.444 e. The number of carbonyl (C=O) groups is 1. The van der Waals surface area contributed by atoms with Gasteiger partial charge in [-0.05, 0) is 53.4 Å². The number of nitrogens with one attached hydrogen (secondary N) is 2. The third-order valence-electron chi connectivity index (χ3n) is 3.84. The van der Waals surface area contributed by atoms with Crippen molar-refractivity contribution in [1.29, 1.82) is 0 Å². The lowest BCUT2D eigenvalue weighted by Gasteiger charge is -2.26. The van der Waals surface area contributed by atoms with Crippen LogP contribution >= 0.6 is 0 Å². The number of amides is 1. The topological polar surface area (TPSA) is 76.1 Å². The van der Waals surface area contributed by atoms with E-state index in [2.05, 4.69) is 27.5 Å². The summed E-state index contributed by atoms with van der Waals surface area (Å²) in [6.07, 6.45) is 5.25. The molecule has 0 bridgehead atoms. The van der Waals surface area contributed by atoms with Crippen LogP contribution in [0.4, 0.5) is 10.6 Å². The van der Waals surface area contributed by atoms with Crippen LogP contribution in [0.5, 0.6) is 0 Å². The first kappa shape index (κ1) is 17.5. The number of anilines is 1. The van der Waals surface area contributed by atoms with Crippen molar-refractivity contribution in [2.75, 3.05) is 5.32 Å². The summed E-state index contributed by atoms with van der Waals surface area (Å²) in [5.74, 6) is 0.820. The quantitative estimate of drug-likeness (QED) is 0.891. The number of carbonyl (C=O) groups excluding carboxylic acids is 1. The smallest absolute Gasteiger partial charge is 0.407 e. The SMILES string of the molecule is CCc1nc(C)cnc1N[C@H]1CCC[C@@H]1NC(=O)OC(C)(C)C. The zero-order valence-electron chi connectivity index (χ0n) is 14.8. The Balaban J connectivity index is 2.01. The summed E-state index contributed by atoms with van der Waals surface area (Å²) in [7, 11) is 0. The zero-order chi connectivity index (χ0) is 17.0. The van der Waals surface area contributed by atoms with Crippen LogP contribution in [0, 0.1) is 6.92 Å². The van der Waals surface area contributed by atoms with E-state index in [0.29, 0.717) is 0 Å². The van der Waals surface area contributed by atoms with Crippen LogP contribution in [0.25, 0.3) is 0 Å². The summed E-state index contributed by atoms with van der Waals surface area (Å²) in [5.41, 5.74) is 1.40. The van der Waals surface area contributed by atoms with Crippen molar-refractivity contribution in [2.45, 2.75) is 78.0 Å². The number of hydrogen-bond donors (Lipinski definition) is 2. The number of ether oxygens (including phenoxy) is 1. The van der Waals surface area contributed by atoms with Crippen molar-refractivity contribution in [1.82, 2.24) is 15.3 Å². The third kappa shape index (κ3) is 5.08. The normalized spacial score (nSPS) is 21.1. The lowest BCUT2D eigenvalue weighted by molar-refractivity contribution is 0.0503. The van der Waals surface area contributed by atoms with Gasteiger partial charge in [0.1, 0.15) is 11.4 Å². The van der Waals surface area contributed by atoms with Gasteiger partial charge in [0.2, 0.25) is 0 Å². The second-order valence-electron chi connectivity index (χ2n) is 7.09. The maximum Gasteiger partial charge on any atom is 0.407 e. The number of rotatable bonds is 4. The van der Waals surface area contributed by atoms with Crippen LogP contribution in [0.15, 0.2) is 6.20 Å². The van der Waals surface area contributed by atoms with Crippen molar-refractivity contribution >= 4 is 11.9 Å². The standard InChI is InChI=1S/C17H28N4O2/c1-6-12-15(18-10-11(2)19-12)20-13-8-7-9-14(13)21-16(22)23-17(3,4)5/h10,13-14H,6-9H2,1-5H3,(H,18,20)(H,21,22)/t13-,14-/m0/s1. The van der Waals surface area contributed by atoms with Gasteiger partial charge < -0.3 is 15.4 Å². The van der Waals surface area contributed by atoms with E-state index in [1.54, 1.807) is 6.20 Å². The van der Waals surface area contributed by atoms with Gasteiger partial charge in [0.25, 0.3) is 0 Å². The molecule has 0 spiro atoms. The van der Waals surface area contributed by atoms with E-state index >= 15 is 0 Å². The molecule has 1 heterocycles. The van der Waals surface area contributed by atoms with Crippen LogP contribution in [0.3, 0.4) is 0 Å². The summed E-state index contributed by atoms with van der Waals surface area (Å²) in [6.45, 7) is 9.61. The van der Waals surface area contributed by atoms with Crippen molar-refractivity contribution in [3.05, 3.63) is 17.6 Å². The van der Waals surface area contributed by atoms with E-state index in [1.165, 1.54) is 0 Å². The second kappa shape index (κ2) is 7.15. The van der Waals surface area contributed by atoms with Crippen LogP contribution in [-0.2, 0) is 11.2 Å². The van der Waals surface area contributed by atoms with E-state index in [1.807, 2.05) is 27.7 Å². The minimum absolute atomic E-state index is 0.0534. The molecule has 1 saturated carbocycles. The molecular formula is C17H28N4O2. The highest BCUT2D eigenvalue weighted by molar-refractivity contribution is 5.68. The maximum atomic E-state index is 12.0. The van der Waals surface area contributed by atoms with Crippen LogP contribution < -0.4 is 10.6 Å². The van der Waals surface area contributed by atoms with Gasteiger partial charge in [-0.2, -0.15) is 0 Å². The van der Waals surface area contributed by atoms with E-state index in [0.717, 1.165) is 42.9 Å². The van der Waals surface area contributed by atoms with Gasteiger partial charge in [-0.3, -0.25) is 4.98 Å². The second-order valence-corrected chi connectivity index (χ2v) is 7.09. The molecule has 1 fully saturated rings. The highest BCUT2D eigenvalue weighted by Gasteiger charge is 2.30. The Kier molecular flexibility index (Phi) is 5.44. The molecule has 2 atom stereocenters. The minimum atomic E-state index is -0.483. The van der Waals surface area contributed by atoms with Crippen molar-refractivity contribution in [3.63, 3.8) is 0 Å². The summed E-state index contributed by atoms with van der Waals surface area (Å²) in [5, 5.41) is 6.44. The summed E-state index contributed by atoms with van der Waals surface area (Å²) in [4.78, 5) is 21.0. The number of alkyl carbamates (subject to hydrolysis) is 1. The fourth-order valence-electron chi connectivity index (χ4n) is 2.83. The molecule has 1 aromatic rings. The molecule has 2 N–H and O–H groups in total. The average Bonchev–Trinajstić information content (AvgIpc) is 2.85. The Morgan fingerprint density at radius 1 is 1.35 bits per heavy atom. The van der Waals surface area contributed by atoms with Gasteiger partial charge in [0.15, 0.2) is 0 Å². The summed E-state index contributed by atoms with van der Waals surface area (Å²) in [6, 6.07) is 0.211. The minimum Gasteiger partial charge on any atom is -0.444 e. The average molecular weight is 320 g/mol. The van der Waals surface area contributed by atoms with E-state index < -0.39 is 5.60 Å². The molecule has 23 heavy (non-hydrogen) atoms. The molecule has 6 nitrogen and oxygen atoms in total. The Morgan fingerprint density at radius 3 is 2.70 bits per heavy atom. The highest BCUT2D eigenvalue weighted by Crippen LogP contribution is 2.24. The van der Waals surface area contributed by atoms with Gasteiger partial charge in [0, 0.05) is 6.04 Å². The molecule has 0 aromatic carbocycles.